The van der Waals surface area contributed by atoms with Gasteiger partial charge in [0.1, 0.15) is 22.5 Å². The zero-order valence-electron chi connectivity index (χ0n) is 17.8. The molecule has 2 heterocycles. The molecule has 1 N–H and O–H groups in total. The summed E-state index contributed by atoms with van der Waals surface area (Å²) in [5, 5.41) is 10.9. The molecule has 0 saturated carbocycles. The normalized spacial score (nSPS) is 11.6. The Labute approximate surface area is 204 Å². The number of anilines is 2. The van der Waals surface area contributed by atoms with Crippen molar-refractivity contribution in [3.05, 3.63) is 83.1 Å². The van der Waals surface area contributed by atoms with E-state index in [1.807, 2.05) is 0 Å². The number of aromatic nitrogens is 4. The lowest BCUT2D eigenvalue weighted by Gasteiger charge is -2.09. The summed E-state index contributed by atoms with van der Waals surface area (Å²) in [7, 11) is 0. The first-order valence-electron chi connectivity index (χ1n) is 9.97. The van der Waals surface area contributed by atoms with Gasteiger partial charge in [-0.25, -0.2) is 13.8 Å². The molecule has 2 aromatic heterocycles. The zero-order valence-corrected chi connectivity index (χ0v) is 18.6. The molecule has 0 unspecified atom stereocenters. The van der Waals surface area contributed by atoms with Crippen LogP contribution in [-0.4, -0.2) is 26.3 Å². The van der Waals surface area contributed by atoms with Gasteiger partial charge in [-0.3, -0.25) is 0 Å². The molecule has 14 heteroatoms. The molecular weight excluding hydrogens is 509 g/mol. The van der Waals surface area contributed by atoms with Gasteiger partial charge in [0.2, 0.25) is 5.95 Å². The number of hydrogen-bond donors (Lipinski definition) is 1. The van der Waals surface area contributed by atoms with Gasteiger partial charge in [-0.1, -0.05) is 29.8 Å². The summed E-state index contributed by atoms with van der Waals surface area (Å²) in [5.41, 5.74) is 0.441. The molecule has 4 aromatic rings. The highest BCUT2D eigenvalue weighted by Gasteiger charge is 2.30. The van der Waals surface area contributed by atoms with Crippen LogP contribution in [0.4, 0.5) is 39.5 Å². The highest BCUT2D eigenvalue weighted by molar-refractivity contribution is 6.29. The first kappa shape index (κ1) is 24.9. The maximum Gasteiger partial charge on any atom is 0.573 e. The minimum atomic E-state index is -4.80. The third-order valence-electron chi connectivity index (χ3n) is 4.36. The quantitative estimate of drug-likeness (QED) is 0.163. The van der Waals surface area contributed by atoms with Crippen LogP contribution in [0.15, 0.2) is 71.0 Å². The molecule has 0 fully saturated rings. The minimum Gasteiger partial charge on any atom is -0.406 e. The Morgan fingerprint density at radius 3 is 2.28 bits per heavy atom. The van der Waals surface area contributed by atoms with Gasteiger partial charge in [0, 0.05) is 0 Å². The first-order valence-corrected chi connectivity index (χ1v) is 10.4. The van der Waals surface area contributed by atoms with Crippen LogP contribution in [0.25, 0.3) is 11.4 Å². The predicted octanol–water partition coefficient (Wildman–Crippen LogP) is 6.79. The Kier molecular flexibility index (Phi) is 7.29. The molecule has 8 nitrogen and oxygen atoms in total. The number of benzene rings is 2. The van der Waals surface area contributed by atoms with Crippen LogP contribution in [0.2, 0.25) is 5.15 Å². The summed E-state index contributed by atoms with van der Waals surface area (Å²) >= 11 is 5.78. The van der Waals surface area contributed by atoms with E-state index < -0.39 is 23.6 Å². The van der Waals surface area contributed by atoms with Crippen molar-refractivity contribution in [1.82, 2.24) is 19.9 Å². The largest absolute Gasteiger partial charge is 0.573 e. The van der Waals surface area contributed by atoms with Crippen molar-refractivity contribution in [3.63, 3.8) is 0 Å². The highest BCUT2D eigenvalue weighted by Crippen LogP contribution is 2.27. The fraction of sp³-hybridized carbons (Fsp3) is 0.0909. The number of azo groups is 1. The van der Waals surface area contributed by atoms with E-state index in [4.69, 9.17) is 11.6 Å². The third-order valence-corrected chi connectivity index (χ3v) is 4.59. The van der Waals surface area contributed by atoms with E-state index in [0.717, 1.165) is 24.3 Å². The SMILES string of the molecule is Fc1cccc(F)c1-c1nc(N=NCc2ccc(OC(F)(F)F)cc2)nc(Nc2ccc(Cl)nc2)n1. The number of nitrogens with zero attached hydrogens (tertiary/aromatic N) is 6. The van der Waals surface area contributed by atoms with Crippen molar-refractivity contribution in [3.8, 4) is 17.1 Å². The standard InChI is InChI=1S/C22H13ClF5N7O/c23-17-9-6-13(11-29-17)31-20-32-19(18-15(24)2-1-3-16(18)25)33-21(34-20)35-30-10-12-4-7-14(8-5-12)36-22(26,27)28/h1-9,11H,10H2,(H,31,32,33,34). The topological polar surface area (TPSA) is 97.5 Å². The number of hydrogen-bond acceptors (Lipinski definition) is 8. The Bertz CT molecular complexity index is 1360. The van der Waals surface area contributed by atoms with Gasteiger partial charge in [0.25, 0.3) is 5.95 Å². The van der Waals surface area contributed by atoms with Crippen molar-refractivity contribution >= 4 is 29.2 Å². The summed E-state index contributed by atoms with van der Waals surface area (Å²) in [6.45, 7) is -0.0504. The summed E-state index contributed by atoms with van der Waals surface area (Å²) in [5.74, 6) is -2.90. The molecule has 4 rings (SSSR count). The summed E-state index contributed by atoms with van der Waals surface area (Å²) in [4.78, 5) is 16.0. The lowest BCUT2D eigenvalue weighted by Crippen LogP contribution is -2.16. The molecule has 0 aliphatic rings. The van der Waals surface area contributed by atoms with Crippen LogP contribution in [-0.2, 0) is 6.54 Å². The Morgan fingerprint density at radius 2 is 1.64 bits per heavy atom. The molecule has 0 radical (unpaired) electrons. The molecular formula is C22H13ClF5N7O. The first-order chi connectivity index (χ1) is 17.2. The van der Waals surface area contributed by atoms with E-state index in [0.29, 0.717) is 11.3 Å². The molecule has 0 atom stereocenters. The van der Waals surface area contributed by atoms with E-state index in [9.17, 15) is 22.0 Å². The molecule has 0 bridgehead atoms. The molecule has 0 saturated heterocycles. The van der Waals surface area contributed by atoms with Gasteiger partial charge < -0.3 is 10.1 Å². The fourth-order valence-corrected chi connectivity index (χ4v) is 2.96. The summed E-state index contributed by atoms with van der Waals surface area (Å²) in [6, 6.07) is 11.4. The summed E-state index contributed by atoms with van der Waals surface area (Å²) < 4.78 is 69.4. The molecule has 0 aliphatic carbocycles. The second-order valence-corrected chi connectivity index (χ2v) is 7.35. The number of alkyl halides is 3. The minimum absolute atomic E-state index is 0.0504. The molecule has 184 valence electrons. The zero-order chi connectivity index (χ0) is 25.7. The number of rotatable bonds is 7. The molecule has 0 aliphatic heterocycles. The van der Waals surface area contributed by atoms with Crippen LogP contribution in [0.1, 0.15) is 5.56 Å². The predicted molar refractivity (Wildman–Crippen MR) is 119 cm³/mol. The van der Waals surface area contributed by atoms with Crippen molar-refractivity contribution in [2.75, 3.05) is 5.32 Å². The lowest BCUT2D eigenvalue weighted by molar-refractivity contribution is -0.274. The van der Waals surface area contributed by atoms with Crippen molar-refractivity contribution in [2.45, 2.75) is 12.9 Å². The second-order valence-electron chi connectivity index (χ2n) is 6.97. The second kappa shape index (κ2) is 10.6. The van der Waals surface area contributed by atoms with Gasteiger partial charge >= 0.3 is 6.36 Å². The van der Waals surface area contributed by atoms with Gasteiger partial charge in [0.05, 0.1) is 24.0 Å². The van der Waals surface area contributed by atoms with Gasteiger partial charge in [-0.15, -0.1) is 18.3 Å². The van der Waals surface area contributed by atoms with E-state index in [1.165, 1.54) is 30.5 Å². The van der Waals surface area contributed by atoms with Crippen LogP contribution in [0, 0.1) is 11.6 Å². The monoisotopic (exact) mass is 521 g/mol. The third kappa shape index (κ3) is 6.66. The van der Waals surface area contributed by atoms with E-state index in [1.54, 1.807) is 6.07 Å². The molecule has 2 aromatic carbocycles. The Morgan fingerprint density at radius 1 is 0.917 bits per heavy atom. The number of pyridine rings is 1. The number of nitrogens with one attached hydrogen (secondary N) is 1. The maximum absolute atomic E-state index is 14.4. The number of ether oxygens (including phenoxy) is 1. The van der Waals surface area contributed by atoms with Crippen LogP contribution < -0.4 is 10.1 Å². The van der Waals surface area contributed by atoms with Crippen LogP contribution in [0.5, 0.6) is 5.75 Å². The van der Waals surface area contributed by atoms with E-state index >= 15 is 0 Å². The Balaban J connectivity index is 1.60. The smallest absolute Gasteiger partial charge is 0.406 e. The van der Waals surface area contributed by atoms with Gasteiger partial charge in [-0.2, -0.15) is 20.1 Å². The summed E-state index contributed by atoms with van der Waals surface area (Å²) in [6.07, 6.45) is -3.41. The molecule has 0 spiro atoms. The lowest BCUT2D eigenvalue weighted by atomic mass is 10.2. The van der Waals surface area contributed by atoms with Crippen LogP contribution in [0.3, 0.4) is 0 Å². The van der Waals surface area contributed by atoms with Gasteiger partial charge in [-0.05, 0) is 42.0 Å². The molecule has 0 amide bonds. The number of halogens is 6. The highest BCUT2D eigenvalue weighted by atomic mass is 35.5. The maximum atomic E-state index is 14.4. The van der Waals surface area contributed by atoms with Crippen LogP contribution >= 0.6 is 11.6 Å². The van der Waals surface area contributed by atoms with Crippen molar-refractivity contribution in [2.24, 2.45) is 10.2 Å². The average Bonchev–Trinajstić information content (AvgIpc) is 2.81. The van der Waals surface area contributed by atoms with Crippen molar-refractivity contribution in [1.29, 1.82) is 0 Å². The average molecular weight is 522 g/mol. The van der Waals surface area contributed by atoms with E-state index in [2.05, 4.69) is 40.2 Å². The van der Waals surface area contributed by atoms with E-state index in [-0.39, 0.29) is 35.2 Å². The van der Waals surface area contributed by atoms with Crippen molar-refractivity contribution < 1.29 is 26.7 Å². The Hall–Kier alpha value is -4.26. The van der Waals surface area contributed by atoms with Gasteiger partial charge in [0.15, 0.2) is 5.82 Å². The fourth-order valence-electron chi connectivity index (χ4n) is 2.84. The molecule has 36 heavy (non-hydrogen) atoms.